The van der Waals surface area contributed by atoms with Crippen molar-refractivity contribution >= 4 is 5.97 Å². The Morgan fingerprint density at radius 1 is 1.37 bits per heavy atom. The highest BCUT2D eigenvalue weighted by Gasteiger charge is 2.64. The number of piperidine rings is 1. The molecule has 2 aliphatic heterocycles. The first-order valence-corrected chi connectivity index (χ1v) is 10.4. The van der Waals surface area contributed by atoms with Crippen LogP contribution in [0.1, 0.15) is 36.8 Å². The van der Waals surface area contributed by atoms with E-state index in [-0.39, 0.29) is 42.2 Å². The summed E-state index contributed by atoms with van der Waals surface area (Å²) in [6.07, 6.45) is 5.86. The zero-order valence-electron chi connectivity index (χ0n) is 16.4. The molecule has 5 rings (SSSR count). The lowest BCUT2D eigenvalue weighted by Crippen LogP contribution is -2.65. The standard InChI is InChI=1S/C21H24N2O7/c24-15-6-4-12-11-14-13-5-7-16(29-17(25)3-1-2-10-28-23(26)27)20-21(13,8-9-22-14)18(12)19(15)30-20/h4-7,13-14,16,20,22,24H,1-3,8-11H2/t13?,14?,16-,20?,21?/m0/s1. The number of hydrogen-bond acceptors (Lipinski definition) is 8. The molecule has 1 aromatic rings. The quantitative estimate of drug-likeness (QED) is 0.227. The fraction of sp³-hybridized carbons (Fsp3) is 0.571. The highest BCUT2D eigenvalue weighted by Crippen LogP contribution is 2.61. The minimum absolute atomic E-state index is 0.0358. The van der Waals surface area contributed by atoms with Gasteiger partial charge in [0.1, 0.15) is 6.10 Å². The number of benzene rings is 1. The topological polar surface area (TPSA) is 120 Å². The monoisotopic (exact) mass is 416 g/mol. The molecule has 0 radical (unpaired) electrons. The summed E-state index contributed by atoms with van der Waals surface area (Å²) in [5.41, 5.74) is 1.96. The summed E-state index contributed by atoms with van der Waals surface area (Å²) in [4.78, 5) is 26.9. The van der Waals surface area contributed by atoms with Gasteiger partial charge in [0.15, 0.2) is 17.6 Å². The van der Waals surface area contributed by atoms with E-state index < -0.39 is 11.2 Å². The van der Waals surface area contributed by atoms with Gasteiger partial charge in [-0.1, -0.05) is 12.1 Å². The molecule has 0 amide bonds. The molecule has 4 aliphatic rings. The van der Waals surface area contributed by atoms with Gasteiger partial charge in [0.05, 0.1) is 6.61 Å². The molecule has 1 spiro atoms. The van der Waals surface area contributed by atoms with Crippen molar-refractivity contribution in [3.8, 4) is 11.5 Å². The van der Waals surface area contributed by atoms with Crippen molar-refractivity contribution in [2.24, 2.45) is 5.92 Å². The van der Waals surface area contributed by atoms with Crippen molar-refractivity contribution < 1.29 is 29.3 Å². The van der Waals surface area contributed by atoms with Gasteiger partial charge in [-0.2, -0.15) is 0 Å². The molecule has 2 aliphatic carbocycles. The van der Waals surface area contributed by atoms with E-state index >= 15 is 0 Å². The van der Waals surface area contributed by atoms with E-state index in [1.807, 2.05) is 12.1 Å². The third kappa shape index (κ3) is 2.83. The molecule has 1 fully saturated rings. The van der Waals surface area contributed by atoms with Crippen molar-refractivity contribution in [2.45, 2.75) is 55.8 Å². The van der Waals surface area contributed by atoms with E-state index in [4.69, 9.17) is 9.47 Å². The van der Waals surface area contributed by atoms with Crippen LogP contribution in [0.25, 0.3) is 0 Å². The molecule has 9 heteroatoms. The first-order valence-electron chi connectivity index (χ1n) is 10.4. The first-order chi connectivity index (χ1) is 14.5. The zero-order valence-corrected chi connectivity index (χ0v) is 16.4. The second kappa shape index (κ2) is 7.16. The number of carbonyl (C=O) groups excluding carboxylic acids is 1. The van der Waals surface area contributed by atoms with Crippen LogP contribution in [0.15, 0.2) is 24.3 Å². The molecule has 0 aromatic heterocycles. The Bertz CT molecular complexity index is 917. The maximum atomic E-state index is 12.4. The second-order valence-electron chi connectivity index (χ2n) is 8.42. The van der Waals surface area contributed by atoms with Crippen molar-refractivity contribution in [1.82, 2.24) is 5.32 Å². The summed E-state index contributed by atoms with van der Waals surface area (Å²) in [5, 5.41) is 23.4. The number of aromatic hydroxyl groups is 1. The minimum atomic E-state index is -0.837. The zero-order chi connectivity index (χ0) is 20.9. The van der Waals surface area contributed by atoms with Gasteiger partial charge in [0.25, 0.3) is 5.09 Å². The lowest BCUT2D eigenvalue weighted by Gasteiger charge is -2.54. The Hall–Kier alpha value is -2.81. The third-order valence-electron chi connectivity index (χ3n) is 6.90. The molecular formula is C21H24N2O7. The minimum Gasteiger partial charge on any atom is -0.504 e. The van der Waals surface area contributed by atoms with Gasteiger partial charge in [0, 0.05) is 29.4 Å². The normalized spacial score (nSPS) is 32.1. The average molecular weight is 416 g/mol. The predicted octanol–water partition coefficient (Wildman–Crippen LogP) is 1.79. The smallest absolute Gasteiger partial charge is 0.306 e. The lowest BCUT2D eigenvalue weighted by atomic mass is 9.53. The molecule has 9 nitrogen and oxygen atoms in total. The van der Waals surface area contributed by atoms with E-state index in [9.17, 15) is 20.0 Å². The fourth-order valence-electron chi connectivity index (χ4n) is 5.78. The average Bonchev–Trinajstić information content (AvgIpc) is 3.05. The molecule has 30 heavy (non-hydrogen) atoms. The lowest BCUT2D eigenvalue weighted by molar-refractivity contribution is -0.757. The number of esters is 1. The molecule has 160 valence electrons. The SMILES string of the molecule is O=C(CCCCO[N+](=O)[O-])O[C@H]1C=CC2C3Cc4ccc(O)c5c4C2(CCN3)C1O5. The Labute approximate surface area is 173 Å². The molecule has 1 saturated heterocycles. The van der Waals surface area contributed by atoms with E-state index in [1.54, 1.807) is 6.07 Å². The van der Waals surface area contributed by atoms with E-state index in [1.165, 1.54) is 5.56 Å². The van der Waals surface area contributed by atoms with Gasteiger partial charge in [-0.05, 0) is 49.9 Å². The van der Waals surface area contributed by atoms with Crippen LogP contribution in [0.3, 0.4) is 0 Å². The molecule has 1 aromatic carbocycles. The van der Waals surface area contributed by atoms with Crippen LogP contribution in [0.5, 0.6) is 11.5 Å². The van der Waals surface area contributed by atoms with Gasteiger partial charge in [-0.15, -0.1) is 10.1 Å². The summed E-state index contributed by atoms with van der Waals surface area (Å²) < 4.78 is 12.1. The Kier molecular flexibility index (Phi) is 4.57. The van der Waals surface area contributed by atoms with Crippen LogP contribution in [-0.4, -0.2) is 47.6 Å². The number of ether oxygens (including phenoxy) is 2. The van der Waals surface area contributed by atoms with Crippen LogP contribution in [0.4, 0.5) is 0 Å². The van der Waals surface area contributed by atoms with Crippen LogP contribution in [0.2, 0.25) is 0 Å². The number of unbranched alkanes of at least 4 members (excludes halogenated alkanes) is 1. The van der Waals surface area contributed by atoms with Gasteiger partial charge in [-0.25, -0.2) is 0 Å². The van der Waals surface area contributed by atoms with Crippen LogP contribution in [0, 0.1) is 16.0 Å². The molecule has 2 heterocycles. The highest BCUT2D eigenvalue weighted by atomic mass is 16.9. The summed E-state index contributed by atoms with van der Waals surface area (Å²) >= 11 is 0. The summed E-state index contributed by atoms with van der Waals surface area (Å²) in [5.74, 6) is 0.514. The molecule has 2 bridgehead atoms. The molecule has 0 saturated carbocycles. The largest absolute Gasteiger partial charge is 0.504 e. The van der Waals surface area contributed by atoms with E-state index in [0.717, 1.165) is 24.9 Å². The number of phenolic OH excluding ortho intramolecular Hbond substituents is 1. The van der Waals surface area contributed by atoms with E-state index in [0.29, 0.717) is 24.6 Å². The van der Waals surface area contributed by atoms with Crippen molar-refractivity contribution in [2.75, 3.05) is 13.2 Å². The van der Waals surface area contributed by atoms with Crippen LogP contribution < -0.4 is 10.1 Å². The van der Waals surface area contributed by atoms with E-state index in [2.05, 4.69) is 16.2 Å². The molecular weight excluding hydrogens is 392 g/mol. The Morgan fingerprint density at radius 3 is 3.07 bits per heavy atom. The Balaban J connectivity index is 1.35. The predicted molar refractivity (Wildman–Crippen MR) is 104 cm³/mol. The van der Waals surface area contributed by atoms with Gasteiger partial charge in [-0.3, -0.25) is 4.79 Å². The highest BCUT2D eigenvalue weighted by molar-refractivity contribution is 5.70. The number of nitrogens with zero attached hydrogens (tertiary/aromatic N) is 1. The second-order valence-corrected chi connectivity index (χ2v) is 8.42. The molecule has 4 unspecified atom stereocenters. The van der Waals surface area contributed by atoms with Gasteiger partial charge >= 0.3 is 5.97 Å². The third-order valence-corrected chi connectivity index (χ3v) is 6.90. The molecule has 5 atom stereocenters. The van der Waals surface area contributed by atoms with Crippen LogP contribution in [-0.2, 0) is 26.2 Å². The van der Waals surface area contributed by atoms with Crippen LogP contribution >= 0.6 is 0 Å². The number of phenols is 1. The van der Waals surface area contributed by atoms with Crippen molar-refractivity contribution in [3.63, 3.8) is 0 Å². The summed E-state index contributed by atoms with van der Waals surface area (Å²) in [6, 6.07) is 3.95. The number of carbonyl (C=O) groups is 1. The Morgan fingerprint density at radius 2 is 2.23 bits per heavy atom. The van der Waals surface area contributed by atoms with Crippen molar-refractivity contribution in [1.29, 1.82) is 0 Å². The number of rotatable bonds is 7. The number of nitrogens with one attached hydrogen (secondary N) is 1. The maximum absolute atomic E-state index is 12.4. The molecule has 2 N–H and O–H groups in total. The van der Waals surface area contributed by atoms with Crippen molar-refractivity contribution in [3.05, 3.63) is 45.5 Å². The van der Waals surface area contributed by atoms with Gasteiger partial charge < -0.3 is 24.7 Å². The first kappa shape index (κ1) is 19.2. The van der Waals surface area contributed by atoms with Gasteiger partial charge in [0.2, 0.25) is 0 Å². The summed E-state index contributed by atoms with van der Waals surface area (Å²) in [6.45, 7) is 0.812. The maximum Gasteiger partial charge on any atom is 0.306 e. The number of hydrogen-bond donors (Lipinski definition) is 2. The fourth-order valence-corrected chi connectivity index (χ4v) is 5.78. The summed E-state index contributed by atoms with van der Waals surface area (Å²) in [7, 11) is 0.